The molecular weight excluding hydrogens is 309 g/mol. The van der Waals surface area contributed by atoms with Crippen LogP contribution in [0.1, 0.15) is 18.9 Å². The Balaban J connectivity index is 2.09. The SMILES string of the molecule is CCCOc1ccc(/C=C(\C#N)C(=O)Oc2ccc(F)cc2)cc1. The molecule has 0 spiro atoms. The first-order valence-electron chi connectivity index (χ1n) is 7.44. The van der Waals surface area contributed by atoms with Gasteiger partial charge in [-0.2, -0.15) is 5.26 Å². The molecule has 0 amide bonds. The number of ether oxygens (including phenoxy) is 2. The van der Waals surface area contributed by atoms with E-state index < -0.39 is 11.8 Å². The quantitative estimate of drug-likeness (QED) is 0.347. The number of halogens is 1. The van der Waals surface area contributed by atoms with Gasteiger partial charge < -0.3 is 9.47 Å². The van der Waals surface area contributed by atoms with Gasteiger partial charge in [-0.1, -0.05) is 19.1 Å². The summed E-state index contributed by atoms with van der Waals surface area (Å²) in [5.41, 5.74) is 0.521. The second kappa shape index (κ2) is 8.49. The molecule has 0 bridgehead atoms. The first kappa shape index (κ1) is 17.2. The number of rotatable bonds is 6. The molecule has 0 radical (unpaired) electrons. The first-order chi connectivity index (χ1) is 11.6. The van der Waals surface area contributed by atoms with Crippen molar-refractivity contribution in [2.24, 2.45) is 0 Å². The molecule has 0 atom stereocenters. The molecule has 0 unspecified atom stereocenters. The van der Waals surface area contributed by atoms with Crippen LogP contribution in [0.5, 0.6) is 11.5 Å². The van der Waals surface area contributed by atoms with Crippen LogP contribution in [0, 0.1) is 17.1 Å². The lowest BCUT2D eigenvalue weighted by molar-refractivity contribution is -0.129. The number of hydrogen-bond acceptors (Lipinski definition) is 4. The Morgan fingerprint density at radius 1 is 1.12 bits per heavy atom. The largest absolute Gasteiger partial charge is 0.494 e. The maximum atomic E-state index is 12.8. The number of hydrogen-bond donors (Lipinski definition) is 0. The second-order valence-corrected chi connectivity index (χ2v) is 4.93. The minimum Gasteiger partial charge on any atom is -0.494 e. The van der Waals surface area contributed by atoms with Crippen molar-refractivity contribution in [3.05, 3.63) is 65.5 Å². The third kappa shape index (κ3) is 4.96. The highest BCUT2D eigenvalue weighted by molar-refractivity contribution is 5.99. The van der Waals surface area contributed by atoms with Crippen molar-refractivity contribution in [2.45, 2.75) is 13.3 Å². The zero-order valence-corrected chi connectivity index (χ0v) is 13.2. The molecule has 2 rings (SSSR count). The summed E-state index contributed by atoms with van der Waals surface area (Å²) in [4.78, 5) is 12.0. The van der Waals surface area contributed by atoms with Gasteiger partial charge in [-0.25, -0.2) is 9.18 Å². The van der Waals surface area contributed by atoms with E-state index in [4.69, 9.17) is 14.7 Å². The molecule has 122 valence electrons. The molecule has 0 N–H and O–H groups in total. The van der Waals surface area contributed by atoms with E-state index >= 15 is 0 Å². The number of nitriles is 1. The van der Waals surface area contributed by atoms with E-state index in [9.17, 15) is 9.18 Å². The average molecular weight is 325 g/mol. The topological polar surface area (TPSA) is 59.3 Å². The van der Waals surface area contributed by atoms with Crippen molar-refractivity contribution in [1.29, 1.82) is 5.26 Å². The van der Waals surface area contributed by atoms with Crippen molar-refractivity contribution in [2.75, 3.05) is 6.61 Å². The zero-order valence-electron chi connectivity index (χ0n) is 13.2. The molecule has 0 saturated heterocycles. The highest BCUT2D eigenvalue weighted by atomic mass is 19.1. The van der Waals surface area contributed by atoms with Crippen LogP contribution in [0.15, 0.2) is 54.1 Å². The number of carbonyl (C=O) groups excluding carboxylic acids is 1. The molecule has 0 aliphatic carbocycles. The summed E-state index contributed by atoms with van der Waals surface area (Å²) in [6.07, 6.45) is 2.34. The van der Waals surface area contributed by atoms with Gasteiger partial charge in [-0.05, 0) is 54.5 Å². The summed E-state index contributed by atoms with van der Waals surface area (Å²) in [7, 11) is 0. The number of nitrogens with zero attached hydrogens (tertiary/aromatic N) is 1. The maximum Gasteiger partial charge on any atom is 0.354 e. The Labute approximate surface area is 139 Å². The van der Waals surface area contributed by atoms with Crippen LogP contribution in [0.2, 0.25) is 0 Å². The molecule has 0 aromatic heterocycles. The van der Waals surface area contributed by atoms with E-state index in [0.29, 0.717) is 12.2 Å². The standard InChI is InChI=1S/C19H16FNO3/c1-2-11-23-17-7-3-14(4-8-17)12-15(13-21)19(22)24-18-9-5-16(20)6-10-18/h3-10,12H,2,11H2,1H3/b15-12+. The van der Waals surface area contributed by atoms with Gasteiger partial charge in [-0.3, -0.25) is 0 Å². The first-order valence-corrected chi connectivity index (χ1v) is 7.44. The summed E-state index contributed by atoms with van der Waals surface area (Å²) in [5.74, 6) is -0.334. The Morgan fingerprint density at radius 3 is 2.33 bits per heavy atom. The molecule has 4 nitrogen and oxygen atoms in total. The average Bonchev–Trinajstić information content (AvgIpc) is 2.60. The lowest BCUT2D eigenvalue weighted by Crippen LogP contribution is -2.10. The number of benzene rings is 2. The van der Waals surface area contributed by atoms with E-state index in [-0.39, 0.29) is 11.3 Å². The van der Waals surface area contributed by atoms with Crippen molar-refractivity contribution in [1.82, 2.24) is 0 Å². The molecule has 0 saturated carbocycles. The molecule has 0 aliphatic rings. The molecule has 24 heavy (non-hydrogen) atoms. The second-order valence-electron chi connectivity index (χ2n) is 4.93. The molecular formula is C19H16FNO3. The van der Waals surface area contributed by atoms with Crippen LogP contribution < -0.4 is 9.47 Å². The van der Waals surface area contributed by atoms with Crippen molar-refractivity contribution < 1.29 is 18.7 Å². The van der Waals surface area contributed by atoms with Gasteiger partial charge in [0.1, 0.15) is 29.0 Å². The van der Waals surface area contributed by atoms with Gasteiger partial charge in [-0.15, -0.1) is 0 Å². The predicted molar refractivity (Wildman–Crippen MR) is 87.9 cm³/mol. The Hall–Kier alpha value is -3.13. The van der Waals surface area contributed by atoms with Crippen LogP contribution in [-0.2, 0) is 4.79 Å². The summed E-state index contributed by atoms with van der Waals surface area (Å²) in [5, 5.41) is 9.15. The van der Waals surface area contributed by atoms with Crippen LogP contribution in [0.25, 0.3) is 6.08 Å². The molecule has 0 aliphatic heterocycles. The smallest absolute Gasteiger partial charge is 0.354 e. The summed E-state index contributed by atoms with van der Waals surface area (Å²) in [6, 6.07) is 13.8. The molecule has 2 aromatic carbocycles. The van der Waals surface area contributed by atoms with E-state index in [1.165, 1.54) is 30.3 Å². The van der Waals surface area contributed by atoms with Gasteiger partial charge >= 0.3 is 5.97 Å². The molecule has 0 fully saturated rings. The van der Waals surface area contributed by atoms with Crippen molar-refractivity contribution >= 4 is 12.0 Å². The van der Waals surface area contributed by atoms with Gasteiger partial charge in [0.05, 0.1) is 6.61 Å². The van der Waals surface area contributed by atoms with Crippen molar-refractivity contribution in [3.63, 3.8) is 0 Å². The normalized spacial score (nSPS) is 10.8. The Morgan fingerprint density at radius 2 is 1.75 bits per heavy atom. The van der Waals surface area contributed by atoms with E-state index in [0.717, 1.165) is 12.2 Å². The number of carbonyl (C=O) groups is 1. The minimum atomic E-state index is -0.796. The summed E-state index contributed by atoms with van der Waals surface area (Å²) >= 11 is 0. The molecule has 0 heterocycles. The summed E-state index contributed by atoms with van der Waals surface area (Å²) < 4.78 is 23.4. The van der Waals surface area contributed by atoms with Gasteiger partial charge in [0.2, 0.25) is 0 Å². The highest BCUT2D eigenvalue weighted by Crippen LogP contribution is 2.17. The third-order valence-electron chi connectivity index (χ3n) is 3.03. The van der Waals surface area contributed by atoms with Crippen LogP contribution in [0.4, 0.5) is 4.39 Å². The maximum absolute atomic E-state index is 12.8. The fourth-order valence-corrected chi connectivity index (χ4v) is 1.85. The van der Waals surface area contributed by atoms with Crippen LogP contribution in [0.3, 0.4) is 0 Å². The predicted octanol–water partition coefficient (Wildman–Crippen LogP) is 4.13. The van der Waals surface area contributed by atoms with E-state index in [1.54, 1.807) is 24.3 Å². The monoisotopic (exact) mass is 325 g/mol. The summed E-state index contributed by atoms with van der Waals surface area (Å²) in [6.45, 7) is 2.64. The molecule has 5 heteroatoms. The Kier molecular flexibility index (Phi) is 6.09. The Bertz CT molecular complexity index is 759. The van der Waals surface area contributed by atoms with Gasteiger partial charge in [0.25, 0.3) is 0 Å². The van der Waals surface area contributed by atoms with Crippen molar-refractivity contribution in [3.8, 4) is 17.6 Å². The fourth-order valence-electron chi connectivity index (χ4n) is 1.85. The van der Waals surface area contributed by atoms with Crippen LogP contribution in [-0.4, -0.2) is 12.6 Å². The fraction of sp³-hybridized carbons (Fsp3) is 0.158. The highest BCUT2D eigenvalue weighted by Gasteiger charge is 2.12. The van der Waals surface area contributed by atoms with Crippen LogP contribution >= 0.6 is 0 Å². The minimum absolute atomic E-state index is 0.151. The van der Waals surface area contributed by atoms with Gasteiger partial charge in [0.15, 0.2) is 0 Å². The third-order valence-corrected chi connectivity index (χ3v) is 3.03. The zero-order chi connectivity index (χ0) is 17.4. The van der Waals surface area contributed by atoms with E-state index in [1.807, 2.05) is 13.0 Å². The van der Waals surface area contributed by atoms with Gasteiger partial charge in [0, 0.05) is 0 Å². The lowest BCUT2D eigenvalue weighted by Gasteiger charge is -2.05. The lowest BCUT2D eigenvalue weighted by atomic mass is 10.1. The van der Waals surface area contributed by atoms with E-state index in [2.05, 4.69) is 0 Å². The molecule has 2 aromatic rings. The number of esters is 1.